The second-order valence-corrected chi connectivity index (χ2v) is 4.59. The van der Waals surface area contributed by atoms with Gasteiger partial charge in [-0.2, -0.15) is 0 Å². The van der Waals surface area contributed by atoms with E-state index in [-0.39, 0.29) is 6.42 Å². The Hall–Kier alpha value is -1.15. The summed E-state index contributed by atoms with van der Waals surface area (Å²) in [5, 5.41) is 10.8. The molecule has 0 aromatic rings. The molecule has 0 aromatic heterocycles. The summed E-state index contributed by atoms with van der Waals surface area (Å²) < 4.78 is 18.4. The van der Waals surface area contributed by atoms with Gasteiger partial charge in [0, 0.05) is 0 Å². The summed E-state index contributed by atoms with van der Waals surface area (Å²) in [5.41, 5.74) is 0. The number of aliphatic carboxylic acids is 1. The first kappa shape index (κ1) is 16.9. The Bertz CT molecular complexity index is 327. The number of phosphoric acid groups is 1. The lowest BCUT2D eigenvalue weighted by Crippen LogP contribution is -2.41. The minimum atomic E-state index is -4.71. The van der Waals surface area contributed by atoms with E-state index < -0.39 is 32.7 Å². The molecule has 106 valence electrons. The standard InChI is InChI=1S/C8H16NO8P/c1-2-3-4-6(7(10)11)9-8(12)16-5-17-18(13,14)15/h6H,2-5H2,1H3,(H,9,12)(H,10,11)(H2,13,14,15). The number of alkyl carbamates (subject to hydrolysis) is 1. The zero-order chi connectivity index (χ0) is 14.2. The fraction of sp³-hybridized carbons (Fsp3) is 0.750. The third-order valence-corrected chi connectivity index (χ3v) is 2.29. The van der Waals surface area contributed by atoms with Gasteiger partial charge in [0.2, 0.25) is 6.79 Å². The fourth-order valence-electron chi connectivity index (χ4n) is 0.998. The van der Waals surface area contributed by atoms with Crippen LogP contribution in [0.25, 0.3) is 0 Å². The van der Waals surface area contributed by atoms with Crippen molar-refractivity contribution in [3.05, 3.63) is 0 Å². The number of unbranched alkanes of at least 4 members (excludes halogenated alkanes) is 1. The molecule has 1 atom stereocenters. The highest BCUT2D eigenvalue weighted by Gasteiger charge is 2.21. The monoisotopic (exact) mass is 285 g/mol. The van der Waals surface area contributed by atoms with Crippen LogP contribution in [0.15, 0.2) is 0 Å². The number of carbonyl (C=O) groups excluding carboxylic acids is 1. The highest BCUT2D eigenvalue weighted by molar-refractivity contribution is 7.46. The molecule has 0 aliphatic heterocycles. The van der Waals surface area contributed by atoms with Gasteiger partial charge in [0.15, 0.2) is 0 Å². The molecule has 0 saturated heterocycles. The number of hydrogen-bond donors (Lipinski definition) is 4. The Balaban J connectivity index is 4.02. The summed E-state index contributed by atoms with van der Waals surface area (Å²) >= 11 is 0. The summed E-state index contributed by atoms with van der Waals surface area (Å²) in [4.78, 5) is 38.4. The largest absolute Gasteiger partial charge is 0.480 e. The van der Waals surface area contributed by atoms with Crippen LogP contribution in [-0.4, -0.2) is 39.8 Å². The number of carboxylic acid groups (broad SMARTS) is 1. The van der Waals surface area contributed by atoms with Crippen molar-refractivity contribution in [3.8, 4) is 0 Å². The third kappa shape index (κ3) is 8.94. The SMILES string of the molecule is CCCCC(NC(=O)OCOP(=O)(O)O)C(=O)O. The Morgan fingerprint density at radius 3 is 2.44 bits per heavy atom. The fourth-order valence-corrected chi connectivity index (χ4v) is 1.19. The van der Waals surface area contributed by atoms with Crippen molar-refractivity contribution in [1.29, 1.82) is 0 Å². The summed E-state index contributed by atoms with van der Waals surface area (Å²) in [5.74, 6) is -1.21. The lowest BCUT2D eigenvalue weighted by Gasteiger charge is -2.14. The van der Waals surface area contributed by atoms with Crippen LogP contribution in [0.5, 0.6) is 0 Å². The van der Waals surface area contributed by atoms with Gasteiger partial charge in [0.05, 0.1) is 0 Å². The lowest BCUT2D eigenvalue weighted by molar-refractivity contribution is -0.139. The van der Waals surface area contributed by atoms with Gasteiger partial charge in [-0.25, -0.2) is 18.7 Å². The van der Waals surface area contributed by atoms with Crippen LogP contribution in [0.2, 0.25) is 0 Å². The van der Waals surface area contributed by atoms with Crippen LogP contribution in [0.4, 0.5) is 4.79 Å². The summed E-state index contributed by atoms with van der Waals surface area (Å²) in [6.45, 7) is 0.904. The van der Waals surface area contributed by atoms with Crippen LogP contribution < -0.4 is 5.32 Å². The van der Waals surface area contributed by atoms with Crippen molar-refractivity contribution in [2.45, 2.75) is 32.2 Å². The number of rotatable bonds is 8. The molecule has 1 amide bonds. The molecule has 0 saturated carbocycles. The Morgan fingerprint density at radius 2 is 2.00 bits per heavy atom. The van der Waals surface area contributed by atoms with E-state index in [0.29, 0.717) is 6.42 Å². The quantitative estimate of drug-likeness (QED) is 0.371. The second-order valence-electron chi connectivity index (χ2n) is 3.35. The average molecular weight is 285 g/mol. The van der Waals surface area contributed by atoms with Gasteiger partial charge >= 0.3 is 19.9 Å². The predicted molar refractivity (Wildman–Crippen MR) is 58.6 cm³/mol. The molecule has 0 radical (unpaired) electrons. The topological polar surface area (TPSA) is 142 Å². The zero-order valence-corrected chi connectivity index (χ0v) is 10.6. The molecule has 1 unspecified atom stereocenters. The first-order valence-electron chi connectivity index (χ1n) is 5.12. The molecule has 18 heavy (non-hydrogen) atoms. The van der Waals surface area contributed by atoms with Crippen LogP contribution >= 0.6 is 7.82 Å². The minimum Gasteiger partial charge on any atom is -0.480 e. The van der Waals surface area contributed by atoms with Crippen molar-refractivity contribution in [2.24, 2.45) is 0 Å². The molecule has 0 rings (SSSR count). The molecule has 0 aromatic carbocycles. The number of hydrogen-bond acceptors (Lipinski definition) is 5. The third-order valence-electron chi connectivity index (χ3n) is 1.85. The normalized spacial score (nSPS) is 12.8. The molecule has 10 heteroatoms. The number of ether oxygens (including phenoxy) is 1. The number of nitrogens with one attached hydrogen (secondary N) is 1. The number of carboxylic acids is 1. The molecule has 0 aliphatic rings. The highest BCUT2D eigenvalue weighted by atomic mass is 31.2. The Kier molecular flexibility index (Phi) is 7.53. The van der Waals surface area contributed by atoms with Gasteiger partial charge in [-0.3, -0.25) is 0 Å². The molecule has 0 fully saturated rings. The maximum Gasteiger partial charge on any atom is 0.472 e. The number of carbonyl (C=O) groups is 2. The molecule has 0 bridgehead atoms. The van der Waals surface area contributed by atoms with Gasteiger partial charge in [-0.15, -0.1) is 0 Å². The van der Waals surface area contributed by atoms with E-state index in [1.807, 2.05) is 12.2 Å². The average Bonchev–Trinajstić information content (AvgIpc) is 2.21. The minimum absolute atomic E-state index is 0.236. The van der Waals surface area contributed by atoms with E-state index in [4.69, 9.17) is 14.9 Å². The van der Waals surface area contributed by atoms with E-state index in [1.54, 1.807) is 0 Å². The summed E-state index contributed by atoms with van der Waals surface area (Å²) in [6, 6.07) is -1.10. The van der Waals surface area contributed by atoms with E-state index in [1.165, 1.54) is 0 Å². The molecule has 0 heterocycles. The van der Waals surface area contributed by atoms with Crippen LogP contribution in [-0.2, 0) is 18.6 Å². The Morgan fingerprint density at radius 1 is 1.39 bits per heavy atom. The maximum absolute atomic E-state index is 11.1. The molecule has 4 N–H and O–H groups in total. The summed E-state index contributed by atoms with van der Waals surface area (Å²) in [7, 11) is -4.71. The van der Waals surface area contributed by atoms with Crippen molar-refractivity contribution in [1.82, 2.24) is 5.32 Å². The first-order valence-corrected chi connectivity index (χ1v) is 6.65. The van der Waals surface area contributed by atoms with Crippen molar-refractivity contribution >= 4 is 19.9 Å². The van der Waals surface area contributed by atoms with Crippen molar-refractivity contribution < 1.29 is 38.3 Å². The van der Waals surface area contributed by atoms with Crippen molar-refractivity contribution in [2.75, 3.05) is 6.79 Å². The lowest BCUT2D eigenvalue weighted by atomic mass is 10.1. The predicted octanol–water partition coefficient (Wildman–Crippen LogP) is 0.423. The van der Waals surface area contributed by atoms with Crippen LogP contribution in [0, 0.1) is 0 Å². The molecular formula is C8H16NO8P. The van der Waals surface area contributed by atoms with E-state index in [2.05, 4.69) is 9.26 Å². The highest BCUT2D eigenvalue weighted by Crippen LogP contribution is 2.35. The first-order chi connectivity index (χ1) is 8.26. The van der Waals surface area contributed by atoms with Gasteiger partial charge in [-0.05, 0) is 6.42 Å². The number of amides is 1. The second kappa shape index (κ2) is 8.04. The number of phosphoric ester groups is 1. The van der Waals surface area contributed by atoms with Gasteiger partial charge in [0.25, 0.3) is 0 Å². The van der Waals surface area contributed by atoms with Gasteiger partial charge < -0.3 is 24.9 Å². The molecule has 0 spiro atoms. The van der Waals surface area contributed by atoms with Crippen LogP contribution in [0.3, 0.4) is 0 Å². The smallest absolute Gasteiger partial charge is 0.472 e. The van der Waals surface area contributed by atoms with E-state index >= 15 is 0 Å². The molecular weight excluding hydrogens is 269 g/mol. The van der Waals surface area contributed by atoms with Crippen molar-refractivity contribution in [3.63, 3.8) is 0 Å². The summed E-state index contributed by atoms with van der Waals surface area (Å²) in [6.07, 6.45) is 0.491. The van der Waals surface area contributed by atoms with Crippen LogP contribution in [0.1, 0.15) is 26.2 Å². The Labute approximate surface area is 103 Å². The molecule has 9 nitrogen and oxygen atoms in total. The van der Waals surface area contributed by atoms with E-state index in [9.17, 15) is 14.2 Å². The molecule has 0 aliphatic carbocycles. The zero-order valence-electron chi connectivity index (χ0n) is 9.74. The maximum atomic E-state index is 11.1. The van der Waals surface area contributed by atoms with E-state index in [0.717, 1.165) is 6.42 Å². The van der Waals surface area contributed by atoms with Gasteiger partial charge in [-0.1, -0.05) is 19.8 Å². The van der Waals surface area contributed by atoms with Gasteiger partial charge in [0.1, 0.15) is 6.04 Å².